The Kier molecular flexibility index (Phi) is 4.56. The molecular formula is C17H24N2O2. The molecule has 2 heterocycles. The number of fused-ring (bicyclic) bond motifs is 1. The molecule has 0 saturated carbocycles. The van der Waals surface area contributed by atoms with Crippen molar-refractivity contribution in [3.63, 3.8) is 0 Å². The molecule has 2 aliphatic heterocycles. The molecule has 3 rings (SSSR count). The number of carbonyl (C=O) groups is 1. The number of nitrogens with zero attached hydrogens (tertiary/aromatic N) is 1. The Morgan fingerprint density at radius 3 is 2.81 bits per heavy atom. The van der Waals surface area contributed by atoms with Crippen LogP contribution in [0.4, 0.5) is 0 Å². The normalized spacial score (nSPS) is 25.7. The first-order valence-corrected chi connectivity index (χ1v) is 8.00. The molecule has 21 heavy (non-hydrogen) atoms. The zero-order chi connectivity index (χ0) is 14.7. The van der Waals surface area contributed by atoms with Gasteiger partial charge < -0.3 is 10.4 Å². The highest BCUT2D eigenvalue weighted by Crippen LogP contribution is 2.27. The number of hydrogen-bond acceptors (Lipinski definition) is 3. The predicted octanol–water partition coefficient (Wildman–Crippen LogP) is 2.03. The van der Waals surface area contributed by atoms with Crippen molar-refractivity contribution in [1.82, 2.24) is 10.2 Å². The van der Waals surface area contributed by atoms with E-state index < -0.39 is 5.97 Å². The van der Waals surface area contributed by atoms with E-state index in [1.807, 2.05) is 24.3 Å². The van der Waals surface area contributed by atoms with Crippen LogP contribution in [0.2, 0.25) is 0 Å². The maximum atomic E-state index is 10.9. The molecule has 4 heteroatoms. The summed E-state index contributed by atoms with van der Waals surface area (Å²) in [7, 11) is 0. The highest BCUT2D eigenvalue weighted by molar-refractivity contribution is 5.70. The van der Waals surface area contributed by atoms with Gasteiger partial charge in [0.1, 0.15) is 0 Å². The van der Waals surface area contributed by atoms with Gasteiger partial charge in [0.25, 0.3) is 0 Å². The van der Waals surface area contributed by atoms with Crippen LogP contribution in [0.5, 0.6) is 0 Å². The van der Waals surface area contributed by atoms with Crippen molar-refractivity contribution in [2.75, 3.05) is 13.1 Å². The van der Waals surface area contributed by atoms with Gasteiger partial charge in [-0.05, 0) is 36.9 Å². The van der Waals surface area contributed by atoms with Crippen molar-refractivity contribution in [1.29, 1.82) is 0 Å². The first-order valence-electron chi connectivity index (χ1n) is 8.00. The number of nitrogens with one attached hydrogen (secondary N) is 1. The molecule has 0 aliphatic carbocycles. The molecule has 2 fully saturated rings. The monoisotopic (exact) mass is 288 g/mol. The topological polar surface area (TPSA) is 52.6 Å². The summed E-state index contributed by atoms with van der Waals surface area (Å²) in [5.74, 6) is -0.762. The molecule has 0 spiro atoms. The minimum Gasteiger partial charge on any atom is -0.481 e. The summed E-state index contributed by atoms with van der Waals surface area (Å²) in [6.45, 7) is 3.23. The summed E-state index contributed by atoms with van der Waals surface area (Å²) >= 11 is 0. The first-order chi connectivity index (χ1) is 10.2. The third kappa shape index (κ3) is 3.44. The number of piperidine rings is 1. The van der Waals surface area contributed by atoms with Crippen LogP contribution >= 0.6 is 0 Å². The van der Waals surface area contributed by atoms with Crippen LogP contribution in [0, 0.1) is 0 Å². The van der Waals surface area contributed by atoms with Gasteiger partial charge in [-0.25, -0.2) is 0 Å². The van der Waals surface area contributed by atoms with E-state index in [9.17, 15) is 4.79 Å². The summed E-state index contributed by atoms with van der Waals surface area (Å²) in [5.41, 5.74) is 2.05. The number of rotatable bonds is 5. The highest BCUT2D eigenvalue weighted by Gasteiger charge is 2.34. The Labute approximate surface area is 126 Å². The second-order valence-corrected chi connectivity index (χ2v) is 6.21. The van der Waals surface area contributed by atoms with Gasteiger partial charge >= 0.3 is 5.97 Å². The SMILES string of the molecule is O=C(O)Cc1ccccc1CNC1CCN2CCCCC12. The molecule has 2 atom stereocenters. The van der Waals surface area contributed by atoms with Gasteiger partial charge in [-0.3, -0.25) is 9.69 Å². The Morgan fingerprint density at radius 1 is 1.19 bits per heavy atom. The number of aliphatic carboxylic acids is 1. The quantitative estimate of drug-likeness (QED) is 0.870. The zero-order valence-corrected chi connectivity index (χ0v) is 12.4. The molecular weight excluding hydrogens is 264 g/mol. The smallest absolute Gasteiger partial charge is 0.307 e. The van der Waals surface area contributed by atoms with Crippen LogP contribution in [0.3, 0.4) is 0 Å². The van der Waals surface area contributed by atoms with Crippen LogP contribution in [-0.2, 0) is 17.8 Å². The van der Waals surface area contributed by atoms with Crippen LogP contribution in [0.1, 0.15) is 36.8 Å². The fourth-order valence-corrected chi connectivity index (χ4v) is 3.79. The average Bonchev–Trinajstić information content (AvgIpc) is 2.89. The van der Waals surface area contributed by atoms with Crippen molar-refractivity contribution >= 4 is 5.97 Å². The molecule has 1 aromatic rings. The van der Waals surface area contributed by atoms with Crippen LogP contribution in [0.15, 0.2) is 24.3 Å². The minimum absolute atomic E-state index is 0.109. The van der Waals surface area contributed by atoms with Crippen molar-refractivity contribution in [3.05, 3.63) is 35.4 Å². The summed E-state index contributed by atoms with van der Waals surface area (Å²) < 4.78 is 0. The van der Waals surface area contributed by atoms with E-state index in [-0.39, 0.29) is 6.42 Å². The molecule has 2 aliphatic rings. The Hall–Kier alpha value is -1.39. The number of carboxylic acids is 1. The lowest BCUT2D eigenvalue weighted by Crippen LogP contribution is -2.44. The van der Waals surface area contributed by atoms with E-state index in [0.29, 0.717) is 12.1 Å². The number of carboxylic acid groups (broad SMARTS) is 1. The fourth-order valence-electron chi connectivity index (χ4n) is 3.79. The molecule has 0 amide bonds. The fraction of sp³-hybridized carbons (Fsp3) is 0.588. The molecule has 0 bridgehead atoms. The molecule has 2 unspecified atom stereocenters. The van der Waals surface area contributed by atoms with Gasteiger partial charge in [0.05, 0.1) is 6.42 Å². The largest absolute Gasteiger partial charge is 0.481 e. The highest BCUT2D eigenvalue weighted by atomic mass is 16.4. The Morgan fingerprint density at radius 2 is 2.00 bits per heavy atom. The van der Waals surface area contributed by atoms with E-state index in [2.05, 4.69) is 10.2 Å². The van der Waals surface area contributed by atoms with Crippen molar-refractivity contribution in [3.8, 4) is 0 Å². The zero-order valence-electron chi connectivity index (χ0n) is 12.4. The van der Waals surface area contributed by atoms with E-state index >= 15 is 0 Å². The molecule has 2 saturated heterocycles. The molecule has 1 aromatic carbocycles. The summed E-state index contributed by atoms with van der Waals surface area (Å²) in [6, 6.07) is 9.11. The maximum absolute atomic E-state index is 10.9. The van der Waals surface area contributed by atoms with Gasteiger partial charge in [-0.1, -0.05) is 30.7 Å². The van der Waals surface area contributed by atoms with Crippen molar-refractivity contribution in [2.45, 2.75) is 50.7 Å². The molecule has 2 N–H and O–H groups in total. The van der Waals surface area contributed by atoms with Crippen LogP contribution in [0.25, 0.3) is 0 Å². The first kappa shape index (κ1) is 14.5. The van der Waals surface area contributed by atoms with Crippen molar-refractivity contribution in [2.24, 2.45) is 0 Å². The summed E-state index contributed by atoms with van der Waals surface area (Å²) in [5, 5.41) is 12.7. The van der Waals surface area contributed by atoms with Gasteiger partial charge in [0, 0.05) is 25.2 Å². The van der Waals surface area contributed by atoms with E-state index in [4.69, 9.17) is 5.11 Å². The van der Waals surface area contributed by atoms with E-state index in [1.165, 1.54) is 38.8 Å². The summed E-state index contributed by atoms with van der Waals surface area (Å²) in [4.78, 5) is 13.6. The van der Waals surface area contributed by atoms with E-state index in [1.54, 1.807) is 0 Å². The van der Waals surface area contributed by atoms with Crippen LogP contribution < -0.4 is 5.32 Å². The lowest BCUT2D eigenvalue weighted by Gasteiger charge is -2.32. The van der Waals surface area contributed by atoms with Crippen LogP contribution in [-0.4, -0.2) is 41.1 Å². The lowest BCUT2D eigenvalue weighted by molar-refractivity contribution is -0.136. The standard InChI is InChI=1S/C17H24N2O2/c20-17(21)11-13-5-1-2-6-14(13)12-18-15-8-10-19-9-4-3-7-16(15)19/h1-2,5-6,15-16,18H,3-4,7-12H2,(H,20,21). The molecule has 114 valence electrons. The predicted molar refractivity (Wildman–Crippen MR) is 82.2 cm³/mol. The third-order valence-electron chi connectivity index (χ3n) is 4.87. The van der Waals surface area contributed by atoms with Gasteiger partial charge in [0.2, 0.25) is 0 Å². The molecule has 0 aromatic heterocycles. The van der Waals surface area contributed by atoms with Gasteiger partial charge in [-0.15, -0.1) is 0 Å². The number of benzene rings is 1. The Bertz CT molecular complexity index is 503. The van der Waals surface area contributed by atoms with E-state index in [0.717, 1.165) is 17.7 Å². The molecule has 0 radical (unpaired) electrons. The lowest BCUT2D eigenvalue weighted by atomic mass is 9.98. The second kappa shape index (κ2) is 6.58. The third-order valence-corrected chi connectivity index (χ3v) is 4.87. The minimum atomic E-state index is -0.762. The molecule has 4 nitrogen and oxygen atoms in total. The Balaban J connectivity index is 1.61. The van der Waals surface area contributed by atoms with Gasteiger partial charge in [0.15, 0.2) is 0 Å². The second-order valence-electron chi connectivity index (χ2n) is 6.21. The van der Waals surface area contributed by atoms with Gasteiger partial charge in [-0.2, -0.15) is 0 Å². The average molecular weight is 288 g/mol. The maximum Gasteiger partial charge on any atom is 0.307 e. The van der Waals surface area contributed by atoms with Crippen molar-refractivity contribution < 1.29 is 9.90 Å². The number of hydrogen-bond donors (Lipinski definition) is 2. The summed E-state index contributed by atoms with van der Waals surface area (Å²) in [6.07, 6.45) is 5.30.